The summed E-state index contributed by atoms with van der Waals surface area (Å²) in [5.41, 5.74) is 0. The minimum atomic E-state index is 0.154. The molecule has 1 rings (SSSR count). The number of aliphatic hydroxyl groups excluding tert-OH is 1. The van der Waals surface area contributed by atoms with E-state index in [1.54, 1.807) is 0 Å². The molecule has 0 heterocycles. The average Bonchev–Trinajstić information content (AvgIpc) is 2.37. The molecule has 100 valence electrons. The normalized spacial score (nSPS) is 17.6. The number of aliphatic hydroxyl groups is 1. The minimum absolute atomic E-state index is 0.154. The maximum atomic E-state index is 12.1. The number of Topliss-reactive ketones (excluding diaryl/α,β-unsaturated/α-hetero) is 1. The van der Waals surface area contributed by atoms with E-state index in [4.69, 9.17) is 5.11 Å². The number of hydrogen-bond donors (Lipinski definition) is 1. The standard InChI is InChI=1S/C14H27NO2/c1-2-3-9-15(10-11-16)12-14(17)13-7-5-4-6-8-13/h13,16H,2-12H2,1H3. The van der Waals surface area contributed by atoms with E-state index < -0.39 is 0 Å². The third-order valence-corrected chi connectivity index (χ3v) is 3.68. The van der Waals surface area contributed by atoms with Crippen LogP contribution in [0.5, 0.6) is 0 Å². The van der Waals surface area contributed by atoms with Crippen molar-refractivity contribution < 1.29 is 9.90 Å². The molecule has 3 nitrogen and oxygen atoms in total. The Morgan fingerprint density at radius 1 is 1.24 bits per heavy atom. The monoisotopic (exact) mass is 241 g/mol. The molecule has 0 unspecified atom stereocenters. The van der Waals surface area contributed by atoms with Crippen molar-refractivity contribution in [1.29, 1.82) is 0 Å². The molecule has 1 fully saturated rings. The van der Waals surface area contributed by atoms with Crippen LogP contribution in [0.25, 0.3) is 0 Å². The zero-order chi connectivity index (χ0) is 12.5. The van der Waals surface area contributed by atoms with Crippen LogP contribution in [0.2, 0.25) is 0 Å². The summed E-state index contributed by atoms with van der Waals surface area (Å²) in [6.45, 7) is 4.43. The Balaban J connectivity index is 2.33. The van der Waals surface area contributed by atoms with Gasteiger partial charge in [-0.05, 0) is 25.8 Å². The summed E-state index contributed by atoms with van der Waals surface area (Å²) in [5.74, 6) is 0.695. The second kappa shape index (κ2) is 8.65. The Morgan fingerprint density at radius 3 is 2.53 bits per heavy atom. The van der Waals surface area contributed by atoms with Crippen LogP contribution in [-0.4, -0.2) is 42.0 Å². The van der Waals surface area contributed by atoms with Gasteiger partial charge in [0.15, 0.2) is 0 Å². The summed E-state index contributed by atoms with van der Waals surface area (Å²) in [5, 5.41) is 9.01. The van der Waals surface area contributed by atoms with E-state index in [2.05, 4.69) is 11.8 Å². The number of carbonyl (C=O) groups excluding carboxylic acids is 1. The molecule has 0 atom stereocenters. The summed E-state index contributed by atoms with van der Waals surface area (Å²) in [7, 11) is 0. The first kappa shape index (κ1) is 14.7. The van der Waals surface area contributed by atoms with E-state index in [9.17, 15) is 4.79 Å². The van der Waals surface area contributed by atoms with E-state index in [0.29, 0.717) is 24.8 Å². The summed E-state index contributed by atoms with van der Waals surface area (Å²) < 4.78 is 0. The fourth-order valence-corrected chi connectivity index (χ4v) is 2.57. The first-order valence-electron chi connectivity index (χ1n) is 7.13. The molecule has 1 saturated carbocycles. The smallest absolute Gasteiger partial charge is 0.149 e. The van der Waals surface area contributed by atoms with Crippen LogP contribution >= 0.6 is 0 Å². The van der Waals surface area contributed by atoms with E-state index in [0.717, 1.165) is 32.2 Å². The predicted octanol–water partition coefficient (Wildman–Crippen LogP) is 2.23. The van der Waals surface area contributed by atoms with Crippen LogP contribution in [0.3, 0.4) is 0 Å². The van der Waals surface area contributed by atoms with Crippen molar-refractivity contribution in [1.82, 2.24) is 4.90 Å². The fraction of sp³-hybridized carbons (Fsp3) is 0.929. The Labute approximate surface area is 105 Å². The quantitative estimate of drug-likeness (QED) is 0.708. The topological polar surface area (TPSA) is 40.5 Å². The number of unbranched alkanes of at least 4 members (excludes halogenated alkanes) is 1. The predicted molar refractivity (Wildman–Crippen MR) is 70.0 cm³/mol. The molecule has 17 heavy (non-hydrogen) atoms. The molecular formula is C14H27NO2. The number of carbonyl (C=O) groups is 1. The van der Waals surface area contributed by atoms with Gasteiger partial charge in [0.05, 0.1) is 13.2 Å². The van der Waals surface area contributed by atoms with Crippen LogP contribution in [0.1, 0.15) is 51.9 Å². The van der Waals surface area contributed by atoms with Crippen molar-refractivity contribution in [2.75, 3.05) is 26.2 Å². The lowest BCUT2D eigenvalue weighted by Crippen LogP contribution is -2.36. The van der Waals surface area contributed by atoms with Crippen molar-refractivity contribution in [3.05, 3.63) is 0 Å². The van der Waals surface area contributed by atoms with Crippen LogP contribution in [0.15, 0.2) is 0 Å². The molecule has 0 spiro atoms. The highest BCUT2D eigenvalue weighted by Crippen LogP contribution is 2.24. The van der Waals surface area contributed by atoms with Gasteiger partial charge < -0.3 is 5.11 Å². The number of nitrogens with zero attached hydrogens (tertiary/aromatic N) is 1. The highest BCUT2D eigenvalue weighted by atomic mass is 16.3. The van der Waals surface area contributed by atoms with Gasteiger partial charge in [0.2, 0.25) is 0 Å². The van der Waals surface area contributed by atoms with Gasteiger partial charge in [-0.1, -0.05) is 32.6 Å². The molecule has 0 amide bonds. The molecule has 1 aliphatic carbocycles. The maximum absolute atomic E-state index is 12.1. The number of rotatable bonds is 8. The first-order valence-corrected chi connectivity index (χ1v) is 7.13. The van der Waals surface area contributed by atoms with Crippen LogP contribution < -0.4 is 0 Å². The average molecular weight is 241 g/mol. The third-order valence-electron chi connectivity index (χ3n) is 3.68. The molecule has 0 radical (unpaired) electrons. The van der Waals surface area contributed by atoms with E-state index in [-0.39, 0.29) is 6.61 Å². The largest absolute Gasteiger partial charge is 0.395 e. The molecule has 0 aromatic heterocycles. The van der Waals surface area contributed by atoms with Gasteiger partial charge >= 0.3 is 0 Å². The van der Waals surface area contributed by atoms with Gasteiger partial charge in [0.1, 0.15) is 5.78 Å². The molecule has 0 aromatic carbocycles. The van der Waals surface area contributed by atoms with Crippen molar-refractivity contribution in [3.63, 3.8) is 0 Å². The zero-order valence-electron chi connectivity index (χ0n) is 11.2. The van der Waals surface area contributed by atoms with Gasteiger partial charge in [-0.25, -0.2) is 0 Å². The fourth-order valence-electron chi connectivity index (χ4n) is 2.57. The highest BCUT2D eigenvalue weighted by Gasteiger charge is 2.22. The number of ketones is 1. The molecule has 0 saturated heterocycles. The van der Waals surface area contributed by atoms with E-state index >= 15 is 0 Å². The van der Waals surface area contributed by atoms with E-state index in [1.807, 2.05) is 0 Å². The van der Waals surface area contributed by atoms with Gasteiger partial charge in [0.25, 0.3) is 0 Å². The summed E-state index contributed by atoms with van der Waals surface area (Å²) in [6, 6.07) is 0. The SMILES string of the molecule is CCCCN(CCO)CC(=O)C1CCCCC1. The van der Waals surface area contributed by atoms with Gasteiger partial charge in [-0.2, -0.15) is 0 Å². The van der Waals surface area contributed by atoms with Crippen LogP contribution in [0, 0.1) is 5.92 Å². The molecule has 0 aromatic rings. The second-order valence-corrected chi connectivity index (χ2v) is 5.15. The van der Waals surface area contributed by atoms with Crippen molar-refractivity contribution in [2.45, 2.75) is 51.9 Å². The Morgan fingerprint density at radius 2 is 1.94 bits per heavy atom. The summed E-state index contributed by atoms with van der Waals surface area (Å²) in [6.07, 6.45) is 8.13. The number of hydrogen-bond acceptors (Lipinski definition) is 3. The van der Waals surface area contributed by atoms with E-state index in [1.165, 1.54) is 19.3 Å². The molecule has 1 aliphatic rings. The van der Waals surface area contributed by atoms with Gasteiger partial charge in [0, 0.05) is 12.5 Å². The molecule has 1 N–H and O–H groups in total. The van der Waals surface area contributed by atoms with Crippen molar-refractivity contribution in [3.8, 4) is 0 Å². The Bertz CT molecular complexity index is 212. The van der Waals surface area contributed by atoms with Crippen LogP contribution in [-0.2, 0) is 4.79 Å². The van der Waals surface area contributed by atoms with Crippen molar-refractivity contribution in [2.24, 2.45) is 5.92 Å². The Hall–Kier alpha value is -0.410. The Kier molecular flexibility index (Phi) is 7.45. The maximum Gasteiger partial charge on any atom is 0.149 e. The molecule has 0 bridgehead atoms. The summed E-state index contributed by atoms with van der Waals surface area (Å²) in [4.78, 5) is 14.2. The lowest BCUT2D eigenvalue weighted by molar-refractivity contribution is -0.125. The lowest BCUT2D eigenvalue weighted by atomic mass is 9.86. The van der Waals surface area contributed by atoms with Crippen molar-refractivity contribution >= 4 is 5.78 Å². The zero-order valence-corrected chi connectivity index (χ0v) is 11.2. The molecule has 3 heteroatoms. The molecular weight excluding hydrogens is 214 g/mol. The highest BCUT2D eigenvalue weighted by molar-refractivity contribution is 5.83. The summed E-state index contributed by atoms with van der Waals surface area (Å²) >= 11 is 0. The van der Waals surface area contributed by atoms with Gasteiger partial charge in [-0.3, -0.25) is 9.69 Å². The lowest BCUT2D eigenvalue weighted by Gasteiger charge is -2.25. The van der Waals surface area contributed by atoms with Gasteiger partial charge in [-0.15, -0.1) is 0 Å². The minimum Gasteiger partial charge on any atom is -0.395 e. The third kappa shape index (κ3) is 5.64. The second-order valence-electron chi connectivity index (χ2n) is 5.15. The molecule has 0 aliphatic heterocycles. The first-order chi connectivity index (χ1) is 8.27. The van der Waals surface area contributed by atoms with Crippen LogP contribution in [0.4, 0.5) is 0 Å².